The molecule has 0 radical (unpaired) electrons. The lowest BCUT2D eigenvalue weighted by Gasteiger charge is -2.19. The number of phenolic OH excluding ortho intramolecular Hbond substituents is 2. The smallest absolute Gasteiger partial charge is 0.328 e. The summed E-state index contributed by atoms with van der Waals surface area (Å²) in [5.41, 5.74) is 1.45. The summed E-state index contributed by atoms with van der Waals surface area (Å²) in [4.78, 5) is 49.9. The first-order chi connectivity index (χ1) is 20.6. The van der Waals surface area contributed by atoms with Crippen LogP contribution in [0.25, 0.3) is 0 Å². The summed E-state index contributed by atoms with van der Waals surface area (Å²) < 4.78 is 4.87. The molecule has 2 amide bonds. The molecule has 0 aliphatic carbocycles. The van der Waals surface area contributed by atoms with Crippen LogP contribution in [0.3, 0.4) is 0 Å². The van der Waals surface area contributed by atoms with Crippen molar-refractivity contribution in [3.05, 3.63) is 59.7 Å². The second-order valence-corrected chi connectivity index (χ2v) is 13.4. The van der Waals surface area contributed by atoms with Gasteiger partial charge in [-0.15, -0.1) is 0 Å². The molecule has 6 atom stereocenters. The molecule has 12 nitrogen and oxygen atoms in total. The third-order valence-electron chi connectivity index (χ3n) is 7.31. The van der Waals surface area contributed by atoms with Crippen LogP contribution in [-0.2, 0) is 36.8 Å². The van der Waals surface area contributed by atoms with Crippen molar-refractivity contribution in [1.82, 2.24) is 21.3 Å². The zero-order valence-corrected chi connectivity index (χ0v) is 25.2. The Hall–Kier alpha value is -3.46. The van der Waals surface area contributed by atoms with Crippen molar-refractivity contribution >= 4 is 45.3 Å². The predicted octanol–water partition coefficient (Wildman–Crippen LogP) is 0.953. The average molecular weight is 633 g/mol. The van der Waals surface area contributed by atoms with E-state index in [1.54, 1.807) is 45.9 Å². The molecule has 0 aromatic heterocycles. The molecule has 7 N–H and O–H groups in total. The Morgan fingerprint density at radius 3 is 1.63 bits per heavy atom. The van der Waals surface area contributed by atoms with Crippen LogP contribution in [0, 0.1) is 0 Å². The van der Waals surface area contributed by atoms with Crippen LogP contribution in [0.4, 0.5) is 0 Å². The third kappa shape index (κ3) is 9.51. The van der Waals surface area contributed by atoms with E-state index in [-0.39, 0.29) is 46.7 Å². The van der Waals surface area contributed by atoms with E-state index in [4.69, 9.17) is 4.74 Å². The minimum Gasteiger partial charge on any atom is -0.508 e. The predicted molar refractivity (Wildman–Crippen MR) is 163 cm³/mol. The van der Waals surface area contributed by atoms with Crippen LogP contribution < -0.4 is 21.3 Å². The molecule has 232 valence electrons. The highest BCUT2D eigenvalue weighted by Gasteiger charge is 2.36. The molecule has 43 heavy (non-hydrogen) atoms. The van der Waals surface area contributed by atoms with Crippen molar-refractivity contribution in [2.75, 3.05) is 20.2 Å². The fraction of sp³-hybridized carbons (Fsp3) is 0.448. The highest BCUT2D eigenvalue weighted by Crippen LogP contribution is 2.38. The van der Waals surface area contributed by atoms with Crippen molar-refractivity contribution in [3.63, 3.8) is 0 Å². The van der Waals surface area contributed by atoms with E-state index in [1.807, 2.05) is 0 Å². The number of hydrogen-bond acceptors (Lipinski definition) is 11. The molecular weight excluding hydrogens is 596 g/mol. The summed E-state index contributed by atoms with van der Waals surface area (Å²) in [5.74, 6) is -2.15. The van der Waals surface area contributed by atoms with Crippen molar-refractivity contribution in [3.8, 4) is 11.5 Å². The number of ether oxygens (including phenoxy) is 1. The number of carbonyl (C=O) groups excluding carboxylic acids is 3. The Labute approximate surface area is 257 Å². The van der Waals surface area contributed by atoms with Crippen molar-refractivity contribution in [1.29, 1.82) is 0 Å². The van der Waals surface area contributed by atoms with Crippen LogP contribution in [0.2, 0.25) is 0 Å². The molecule has 2 aliphatic rings. The summed E-state index contributed by atoms with van der Waals surface area (Å²) in [5, 5.41) is 40.6. The fourth-order valence-electron chi connectivity index (χ4n) is 4.93. The largest absolute Gasteiger partial charge is 0.508 e. The molecule has 2 aromatic rings. The molecule has 14 heteroatoms. The van der Waals surface area contributed by atoms with Crippen LogP contribution in [0.15, 0.2) is 48.5 Å². The Bertz CT molecular complexity index is 1280. The number of amides is 2. The van der Waals surface area contributed by atoms with Gasteiger partial charge < -0.3 is 41.3 Å². The first-order valence-corrected chi connectivity index (χ1v) is 16.1. The number of esters is 1. The lowest BCUT2D eigenvalue weighted by molar-refractivity contribution is -0.145. The van der Waals surface area contributed by atoms with Gasteiger partial charge in [0.15, 0.2) is 0 Å². The Kier molecular flexibility index (Phi) is 11.6. The van der Waals surface area contributed by atoms with Gasteiger partial charge in [0.25, 0.3) is 0 Å². The van der Waals surface area contributed by atoms with Gasteiger partial charge in [-0.25, -0.2) is 9.59 Å². The summed E-state index contributed by atoms with van der Waals surface area (Å²) in [7, 11) is 4.55. The van der Waals surface area contributed by atoms with Gasteiger partial charge in [0.1, 0.15) is 23.6 Å². The monoisotopic (exact) mass is 632 g/mol. The van der Waals surface area contributed by atoms with Gasteiger partial charge in [0, 0.05) is 36.4 Å². The van der Waals surface area contributed by atoms with Gasteiger partial charge >= 0.3 is 11.9 Å². The molecule has 2 fully saturated rings. The van der Waals surface area contributed by atoms with Crippen LogP contribution in [-0.4, -0.2) is 93.9 Å². The Morgan fingerprint density at radius 1 is 0.791 bits per heavy atom. The van der Waals surface area contributed by atoms with Gasteiger partial charge in [0.2, 0.25) is 11.8 Å². The third-order valence-corrected chi connectivity index (χ3v) is 10.7. The lowest BCUT2D eigenvalue weighted by Crippen LogP contribution is -2.49. The molecule has 2 saturated heterocycles. The molecule has 2 aromatic carbocycles. The number of carboxylic acid groups (broad SMARTS) is 1. The number of benzene rings is 2. The Morgan fingerprint density at radius 2 is 1.21 bits per heavy atom. The zero-order valence-electron chi connectivity index (χ0n) is 23.5. The zero-order chi connectivity index (χ0) is 30.9. The van der Waals surface area contributed by atoms with Crippen LogP contribution in [0.1, 0.15) is 24.0 Å². The van der Waals surface area contributed by atoms with E-state index >= 15 is 0 Å². The number of nitrogens with one attached hydrogen (secondary N) is 4. The highest BCUT2D eigenvalue weighted by molar-refractivity contribution is 8.77. The van der Waals surface area contributed by atoms with Gasteiger partial charge in [-0.2, -0.15) is 0 Å². The van der Waals surface area contributed by atoms with E-state index in [2.05, 4.69) is 21.3 Å². The minimum absolute atomic E-state index is 0.0811. The van der Waals surface area contributed by atoms with Crippen molar-refractivity contribution < 1.29 is 39.2 Å². The maximum Gasteiger partial charge on any atom is 0.328 e. The van der Waals surface area contributed by atoms with E-state index in [1.165, 1.54) is 31.4 Å². The van der Waals surface area contributed by atoms with Gasteiger partial charge in [-0.05, 0) is 48.2 Å². The van der Waals surface area contributed by atoms with Crippen molar-refractivity contribution in [2.24, 2.45) is 0 Å². The SMILES string of the molecule is COC(=O)[C@H](Cc1ccc(O)cc1)NC(=O)[C@@H]1C[C@@H](SS[C@H]2CN[C@H](C(=O)N[C@@H](Cc3ccc(O)cc3)C(=O)O)C2)CN1. The molecule has 4 rings (SSSR count). The fourth-order valence-corrected chi connectivity index (χ4v) is 7.93. The minimum atomic E-state index is -1.13. The molecule has 0 bridgehead atoms. The second kappa shape index (κ2) is 15.3. The van der Waals surface area contributed by atoms with Crippen LogP contribution >= 0.6 is 21.6 Å². The first kappa shape index (κ1) is 32.5. The first-order valence-electron chi connectivity index (χ1n) is 13.9. The van der Waals surface area contributed by atoms with E-state index < -0.39 is 36.1 Å². The topological polar surface area (TPSA) is 186 Å². The number of rotatable bonds is 13. The van der Waals surface area contributed by atoms with E-state index in [0.29, 0.717) is 31.5 Å². The normalized spacial score (nSPS) is 22.8. The number of phenols is 2. The number of aromatic hydroxyl groups is 2. The number of carbonyl (C=O) groups is 4. The summed E-state index contributed by atoms with van der Waals surface area (Å²) in [6, 6.07) is 9.67. The summed E-state index contributed by atoms with van der Waals surface area (Å²) in [6.07, 6.45) is 1.44. The number of carboxylic acids is 1. The highest BCUT2D eigenvalue weighted by atomic mass is 33.1. The summed E-state index contributed by atoms with van der Waals surface area (Å²) >= 11 is 0. The molecular formula is C29H36N4O8S2. The van der Waals surface area contributed by atoms with Gasteiger partial charge in [-0.3, -0.25) is 9.59 Å². The molecule has 0 saturated carbocycles. The number of hydrogen-bond donors (Lipinski definition) is 7. The van der Waals surface area contributed by atoms with Crippen LogP contribution in [0.5, 0.6) is 11.5 Å². The standard InChI is InChI=1S/C29H36N4O8S2/c1-41-29(40)25(11-17-4-8-19(35)9-5-17)33-27(37)23-13-21(15-31-23)43-42-20-12-22(30-14-20)26(36)32-24(28(38)39)10-16-2-6-18(34)7-3-16/h2-9,20-25,30-31,34-35H,10-15H2,1H3,(H,32,36)(H,33,37)(H,38,39)/t20-,21-,22+,23+,24+,25+/m1/s1. The van der Waals surface area contributed by atoms with Gasteiger partial charge in [0.05, 0.1) is 19.2 Å². The van der Waals surface area contributed by atoms with E-state index in [0.717, 1.165) is 5.56 Å². The van der Waals surface area contributed by atoms with E-state index in [9.17, 15) is 34.5 Å². The maximum atomic E-state index is 13.0. The lowest BCUT2D eigenvalue weighted by atomic mass is 10.0. The number of aliphatic carboxylic acids is 1. The maximum absolute atomic E-state index is 13.0. The number of methoxy groups -OCH3 is 1. The molecule has 2 aliphatic heterocycles. The second-order valence-electron chi connectivity index (χ2n) is 10.6. The quantitative estimate of drug-likeness (QED) is 0.123. The Balaban J connectivity index is 1.20. The van der Waals surface area contributed by atoms with Crippen molar-refractivity contribution in [2.45, 2.75) is 60.4 Å². The van der Waals surface area contributed by atoms with Gasteiger partial charge in [-0.1, -0.05) is 45.9 Å². The molecule has 0 spiro atoms. The molecule has 2 heterocycles. The molecule has 0 unspecified atom stereocenters. The average Bonchev–Trinajstić information content (AvgIpc) is 3.67. The summed E-state index contributed by atoms with van der Waals surface area (Å²) in [6.45, 7) is 1.20.